The molecular formula is C18H37N5O3. The van der Waals surface area contributed by atoms with Gasteiger partial charge in [0.15, 0.2) is 5.96 Å². The first-order chi connectivity index (χ1) is 12.5. The molecule has 0 unspecified atom stereocenters. The van der Waals surface area contributed by atoms with Gasteiger partial charge in [-0.15, -0.1) is 0 Å². The number of amides is 1. The van der Waals surface area contributed by atoms with Crippen molar-refractivity contribution in [2.75, 3.05) is 79.8 Å². The van der Waals surface area contributed by atoms with Crippen molar-refractivity contribution in [3.05, 3.63) is 0 Å². The monoisotopic (exact) mass is 371 g/mol. The van der Waals surface area contributed by atoms with Crippen LogP contribution in [0, 0.1) is 5.92 Å². The fourth-order valence-electron chi connectivity index (χ4n) is 2.32. The Hall–Kier alpha value is -1.38. The zero-order valence-electron chi connectivity index (χ0n) is 16.9. The maximum Gasteiger partial charge on any atom is 0.243 e. The van der Waals surface area contributed by atoms with Crippen molar-refractivity contribution in [3.8, 4) is 0 Å². The smallest absolute Gasteiger partial charge is 0.243 e. The Balaban J connectivity index is 2.32. The van der Waals surface area contributed by atoms with Gasteiger partial charge in [0.1, 0.15) is 6.54 Å². The molecular weight excluding hydrogens is 334 g/mol. The number of hydrogen-bond acceptors (Lipinski definition) is 5. The highest BCUT2D eigenvalue weighted by Crippen LogP contribution is 1.95. The summed E-state index contributed by atoms with van der Waals surface area (Å²) < 4.78 is 10.9. The fraction of sp³-hybridized carbons (Fsp3) is 0.889. The average Bonchev–Trinajstić information content (AvgIpc) is 2.62. The molecule has 1 fully saturated rings. The summed E-state index contributed by atoms with van der Waals surface area (Å²) in [6.45, 7) is 11.9. The van der Waals surface area contributed by atoms with Gasteiger partial charge in [-0.25, -0.2) is 4.99 Å². The molecule has 0 aromatic rings. The van der Waals surface area contributed by atoms with Crippen LogP contribution < -0.4 is 10.6 Å². The maximum absolute atomic E-state index is 11.8. The lowest BCUT2D eigenvalue weighted by atomic mass is 10.2. The molecule has 2 N–H and O–H groups in total. The molecule has 8 heteroatoms. The van der Waals surface area contributed by atoms with Crippen LogP contribution in [-0.4, -0.2) is 101 Å². The normalized spacial score (nSPS) is 16.0. The van der Waals surface area contributed by atoms with Gasteiger partial charge < -0.3 is 25.0 Å². The molecule has 0 spiro atoms. The second kappa shape index (κ2) is 13.8. The van der Waals surface area contributed by atoms with Crippen LogP contribution in [0.4, 0.5) is 0 Å². The van der Waals surface area contributed by atoms with E-state index in [1.807, 2.05) is 0 Å². The van der Waals surface area contributed by atoms with Crippen LogP contribution in [0.2, 0.25) is 0 Å². The second-order valence-corrected chi connectivity index (χ2v) is 7.08. The van der Waals surface area contributed by atoms with Crippen molar-refractivity contribution in [2.45, 2.75) is 20.3 Å². The van der Waals surface area contributed by atoms with E-state index in [0.29, 0.717) is 11.9 Å². The Kier molecular flexibility index (Phi) is 12.0. The lowest BCUT2D eigenvalue weighted by Gasteiger charge is -2.26. The van der Waals surface area contributed by atoms with Crippen LogP contribution in [0.3, 0.4) is 0 Å². The Morgan fingerprint density at radius 3 is 2.58 bits per heavy atom. The van der Waals surface area contributed by atoms with E-state index in [0.717, 1.165) is 65.6 Å². The fourth-order valence-corrected chi connectivity index (χ4v) is 2.32. The molecule has 1 aliphatic rings. The number of nitrogens with zero attached hydrogens (tertiary/aromatic N) is 3. The van der Waals surface area contributed by atoms with E-state index in [4.69, 9.17) is 9.47 Å². The number of hydrogen-bond donors (Lipinski definition) is 2. The topological polar surface area (TPSA) is 78.4 Å². The lowest BCUT2D eigenvalue weighted by molar-refractivity contribution is -0.127. The number of guanidine groups is 1. The quantitative estimate of drug-likeness (QED) is 0.303. The summed E-state index contributed by atoms with van der Waals surface area (Å²) in [5.74, 6) is 1.22. The Labute approximate surface area is 158 Å². The predicted octanol–water partition coefficient (Wildman–Crippen LogP) is 0.00470. The standard InChI is InChI=1S/C18H37N5O3/c1-16(2)15-26-11-5-6-19-18(21-14-17(24)22(3)4)20-7-8-23-9-12-25-13-10-23/h16H,5-15H2,1-4H3,(H2,19,20,21). The molecule has 1 heterocycles. The van der Waals surface area contributed by atoms with E-state index in [1.54, 1.807) is 19.0 Å². The molecule has 0 aliphatic carbocycles. The molecule has 0 radical (unpaired) electrons. The number of carbonyl (C=O) groups excluding carboxylic acids is 1. The third-order valence-corrected chi connectivity index (χ3v) is 3.90. The lowest BCUT2D eigenvalue weighted by Crippen LogP contribution is -2.45. The zero-order chi connectivity index (χ0) is 19.2. The number of morpholine rings is 1. The van der Waals surface area contributed by atoms with Gasteiger partial charge >= 0.3 is 0 Å². The molecule has 0 bridgehead atoms. The van der Waals surface area contributed by atoms with Gasteiger partial charge in [0.05, 0.1) is 13.2 Å². The van der Waals surface area contributed by atoms with E-state index in [2.05, 4.69) is 34.4 Å². The van der Waals surface area contributed by atoms with Gasteiger partial charge in [0, 0.05) is 60.0 Å². The van der Waals surface area contributed by atoms with Crippen molar-refractivity contribution < 1.29 is 14.3 Å². The SMILES string of the molecule is CC(C)COCCCNC(=NCC(=O)N(C)C)NCCN1CCOCC1. The van der Waals surface area contributed by atoms with Gasteiger partial charge in [-0.05, 0) is 12.3 Å². The van der Waals surface area contributed by atoms with Crippen LogP contribution in [0.15, 0.2) is 4.99 Å². The number of carbonyl (C=O) groups is 1. The van der Waals surface area contributed by atoms with Crippen molar-refractivity contribution in [2.24, 2.45) is 10.9 Å². The summed E-state index contributed by atoms with van der Waals surface area (Å²) in [7, 11) is 3.48. The minimum atomic E-state index is -0.0143. The summed E-state index contributed by atoms with van der Waals surface area (Å²) in [6.07, 6.45) is 0.901. The minimum Gasteiger partial charge on any atom is -0.381 e. The van der Waals surface area contributed by atoms with Crippen molar-refractivity contribution in [1.82, 2.24) is 20.4 Å². The summed E-state index contributed by atoms with van der Waals surface area (Å²) in [6, 6.07) is 0. The molecule has 1 saturated heterocycles. The number of ether oxygens (including phenoxy) is 2. The molecule has 152 valence electrons. The summed E-state index contributed by atoms with van der Waals surface area (Å²) in [4.78, 5) is 20.1. The van der Waals surface area contributed by atoms with Crippen LogP contribution in [0.1, 0.15) is 20.3 Å². The largest absolute Gasteiger partial charge is 0.381 e. The number of aliphatic imine (C=N–C) groups is 1. The number of likely N-dealkylation sites (N-methyl/N-ethyl adjacent to an activating group) is 1. The molecule has 26 heavy (non-hydrogen) atoms. The van der Waals surface area contributed by atoms with E-state index in [9.17, 15) is 4.79 Å². The molecule has 0 aromatic heterocycles. The summed E-state index contributed by atoms with van der Waals surface area (Å²) in [5.41, 5.74) is 0. The van der Waals surface area contributed by atoms with Gasteiger partial charge in [0.2, 0.25) is 5.91 Å². The molecule has 0 atom stereocenters. The predicted molar refractivity (Wildman–Crippen MR) is 105 cm³/mol. The molecule has 1 amide bonds. The second-order valence-electron chi connectivity index (χ2n) is 7.08. The van der Waals surface area contributed by atoms with Crippen molar-refractivity contribution >= 4 is 11.9 Å². The van der Waals surface area contributed by atoms with E-state index in [1.165, 1.54) is 0 Å². The van der Waals surface area contributed by atoms with Crippen LogP contribution >= 0.6 is 0 Å². The molecule has 0 aromatic carbocycles. The van der Waals surface area contributed by atoms with Gasteiger partial charge in [-0.3, -0.25) is 9.69 Å². The van der Waals surface area contributed by atoms with Gasteiger partial charge in [-0.2, -0.15) is 0 Å². The van der Waals surface area contributed by atoms with Crippen LogP contribution in [0.25, 0.3) is 0 Å². The van der Waals surface area contributed by atoms with E-state index < -0.39 is 0 Å². The molecule has 1 rings (SSSR count). The van der Waals surface area contributed by atoms with E-state index >= 15 is 0 Å². The first-order valence-electron chi connectivity index (χ1n) is 9.59. The third kappa shape index (κ3) is 11.3. The van der Waals surface area contributed by atoms with E-state index in [-0.39, 0.29) is 12.5 Å². The van der Waals surface area contributed by atoms with Crippen LogP contribution in [-0.2, 0) is 14.3 Å². The number of nitrogens with one attached hydrogen (secondary N) is 2. The molecule has 1 aliphatic heterocycles. The summed E-state index contributed by atoms with van der Waals surface area (Å²) in [5, 5.41) is 6.60. The average molecular weight is 372 g/mol. The summed E-state index contributed by atoms with van der Waals surface area (Å²) >= 11 is 0. The highest BCUT2D eigenvalue weighted by atomic mass is 16.5. The van der Waals surface area contributed by atoms with Gasteiger partial charge in [-0.1, -0.05) is 13.8 Å². The first-order valence-corrected chi connectivity index (χ1v) is 9.59. The van der Waals surface area contributed by atoms with Crippen LogP contribution in [0.5, 0.6) is 0 Å². The highest BCUT2D eigenvalue weighted by Gasteiger charge is 2.10. The maximum atomic E-state index is 11.8. The zero-order valence-corrected chi connectivity index (χ0v) is 16.9. The highest BCUT2D eigenvalue weighted by molar-refractivity contribution is 5.84. The molecule has 0 saturated carbocycles. The van der Waals surface area contributed by atoms with Crippen molar-refractivity contribution in [1.29, 1.82) is 0 Å². The van der Waals surface area contributed by atoms with Gasteiger partial charge in [0.25, 0.3) is 0 Å². The third-order valence-electron chi connectivity index (χ3n) is 3.90. The Morgan fingerprint density at radius 1 is 1.23 bits per heavy atom. The number of rotatable bonds is 11. The minimum absolute atomic E-state index is 0.0143. The Bertz CT molecular complexity index is 410. The van der Waals surface area contributed by atoms with Crippen molar-refractivity contribution in [3.63, 3.8) is 0 Å². The molecule has 8 nitrogen and oxygen atoms in total. The Morgan fingerprint density at radius 2 is 1.92 bits per heavy atom. The first kappa shape index (κ1) is 22.7.